The second-order valence-corrected chi connectivity index (χ2v) is 6.51. The van der Waals surface area contributed by atoms with E-state index >= 15 is 0 Å². The minimum Gasteiger partial charge on any atom is -0.340 e. The number of amides is 1. The van der Waals surface area contributed by atoms with Crippen molar-refractivity contribution < 1.29 is 13.6 Å². The lowest BCUT2D eigenvalue weighted by molar-refractivity contribution is 0.101. The van der Waals surface area contributed by atoms with Crippen LogP contribution >= 0.6 is 31.9 Å². The van der Waals surface area contributed by atoms with Crippen LogP contribution in [-0.4, -0.2) is 10.5 Å². The Morgan fingerprint density at radius 2 is 1.86 bits per heavy atom. The molecule has 0 aliphatic carbocycles. The van der Waals surface area contributed by atoms with Crippen LogP contribution in [0.1, 0.15) is 30.4 Å². The zero-order valence-electron chi connectivity index (χ0n) is 11.3. The standard InChI is InChI=1S/C14H12Br2F2N2O/c1-7(2)20-6-8(15)3-13(20)14(21)19-12-4-9(16)10(17)5-11(12)18/h3-7H,1-2H3,(H,19,21). The molecule has 1 N–H and O–H groups in total. The van der Waals surface area contributed by atoms with E-state index in [9.17, 15) is 13.6 Å². The first-order valence-corrected chi connectivity index (χ1v) is 7.71. The van der Waals surface area contributed by atoms with Crippen molar-refractivity contribution in [2.45, 2.75) is 19.9 Å². The topological polar surface area (TPSA) is 34.0 Å². The highest BCUT2D eigenvalue weighted by atomic mass is 79.9. The summed E-state index contributed by atoms with van der Waals surface area (Å²) in [5.74, 6) is -2.02. The molecule has 0 saturated carbocycles. The number of benzene rings is 1. The molecule has 2 aromatic rings. The van der Waals surface area contributed by atoms with E-state index in [1.54, 1.807) is 16.8 Å². The summed E-state index contributed by atoms with van der Waals surface area (Å²) in [6.45, 7) is 3.86. The second kappa shape index (κ2) is 6.27. The Balaban J connectivity index is 2.33. The first kappa shape index (κ1) is 16.2. The van der Waals surface area contributed by atoms with Crippen LogP contribution in [0.15, 0.2) is 33.3 Å². The van der Waals surface area contributed by atoms with Gasteiger partial charge in [-0.2, -0.15) is 0 Å². The number of carbonyl (C=O) groups excluding carboxylic acids is 1. The lowest BCUT2D eigenvalue weighted by atomic mass is 10.2. The first-order chi connectivity index (χ1) is 9.79. The molecule has 0 spiro atoms. The van der Waals surface area contributed by atoms with Gasteiger partial charge in [0, 0.05) is 22.8 Å². The summed E-state index contributed by atoms with van der Waals surface area (Å²) >= 11 is 6.27. The van der Waals surface area contributed by atoms with Gasteiger partial charge in [0.2, 0.25) is 0 Å². The van der Waals surface area contributed by atoms with Gasteiger partial charge in [0.05, 0.1) is 10.2 Å². The Labute approximate surface area is 137 Å². The van der Waals surface area contributed by atoms with Crippen molar-refractivity contribution in [3.63, 3.8) is 0 Å². The number of nitrogens with one attached hydrogen (secondary N) is 1. The van der Waals surface area contributed by atoms with Crippen LogP contribution in [0.3, 0.4) is 0 Å². The Bertz CT molecular complexity index is 699. The van der Waals surface area contributed by atoms with E-state index in [0.29, 0.717) is 5.69 Å². The minimum absolute atomic E-state index is 0.0712. The van der Waals surface area contributed by atoms with Crippen LogP contribution in [-0.2, 0) is 0 Å². The predicted octanol–water partition coefficient (Wildman–Crippen LogP) is 5.12. The monoisotopic (exact) mass is 420 g/mol. The normalized spacial score (nSPS) is 11.0. The number of anilines is 1. The summed E-state index contributed by atoms with van der Waals surface area (Å²) in [5, 5.41) is 2.45. The summed E-state index contributed by atoms with van der Waals surface area (Å²) in [7, 11) is 0. The molecule has 0 fully saturated rings. The lowest BCUT2D eigenvalue weighted by Crippen LogP contribution is -2.18. The highest BCUT2D eigenvalue weighted by molar-refractivity contribution is 9.10. The Kier molecular flexibility index (Phi) is 4.83. The molecule has 0 atom stereocenters. The number of rotatable bonds is 3. The zero-order valence-corrected chi connectivity index (χ0v) is 14.4. The summed E-state index contributed by atoms with van der Waals surface area (Å²) in [6.07, 6.45) is 1.77. The van der Waals surface area contributed by atoms with E-state index < -0.39 is 17.5 Å². The summed E-state index contributed by atoms with van der Waals surface area (Å²) in [4.78, 5) is 12.3. The van der Waals surface area contributed by atoms with Gasteiger partial charge in [-0.05, 0) is 57.8 Å². The van der Waals surface area contributed by atoms with Crippen molar-refractivity contribution in [2.75, 3.05) is 5.32 Å². The molecular formula is C14H12Br2F2N2O. The van der Waals surface area contributed by atoms with Crippen LogP contribution in [0.25, 0.3) is 0 Å². The van der Waals surface area contributed by atoms with Crippen molar-refractivity contribution in [3.05, 3.63) is 50.7 Å². The molecule has 2 rings (SSSR count). The fourth-order valence-corrected chi connectivity index (χ4v) is 2.64. The van der Waals surface area contributed by atoms with E-state index in [-0.39, 0.29) is 16.2 Å². The minimum atomic E-state index is -0.828. The number of aromatic nitrogens is 1. The highest BCUT2D eigenvalue weighted by Gasteiger charge is 2.17. The molecule has 112 valence electrons. The van der Waals surface area contributed by atoms with E-state index in [4.69, 9.17) is 0 Å². The average Bonchev–Trinajstić information content (AvgIpc) is 2.78. The molecule has 1 amide bonds. The molecule has 0 unspecified atom stereocenters. The van der Waals surface area contributed by atoms with Crippen molar-refractivity contribution in [3.8, 4) is 0 Å². The molecule has 1 aromatic heterocycles. The molecule has 3 nitrogen and oxygen atoms in total. The number of hydrogen-bond donors (Lipinski definition) is 1. The first-order valence-electron chi connectivity index (χ1n) is 6.13. The number of nitrogens with zero attached hydrogens (tertiary/aromatic N) is 1. The third-order valence-electron chi connectivity index (χ3n) is 2.86. The maximum Gasteiger partial charge on any atom is 0.272 e. The van der Waals surface area contributed by atoms with Crippen molar-refractivity contribution in [1.29, 1.82) is 0 Å². The Morgan fingerprint density at radius 3 is 2.48 bits per heavy atom. The van der Waals surface area contributed by atoms with Gasteiger partial charge in [-0.15, -0.1) is 0 Å². The van der Waals surface area contributed by atoms with E-state index in [1.165, 1.54) is 6.07 Å². The molecule has 0 aliphatic rings. The van der Waals surface area contributed by atoms with Crippen molar-refractivity contribution in [1.82, 2.24) is 4.57 Å². The van der Waals surface area contributed by atoms with Gasteiger partial charge in [-0.25, -0.2) is 8.78 Å². The fraction of sp³-hybridized carbons (Fsp3) is 0.214. The number of hydrogen-bond acceptors (Lipinski definition) is 1. The quantitative estimate of drug-likeness (QED) is 0.685. The molecule has 21 heavy (non-hydrogen) atoms. The summed E-state index contributed by atoms with van der Waals surface area (Å²) in [5.41, 5.74) is 0.303. The van der Waals surface area contributed by atoms with E-state index in [2.05, 4.69) is 37.2 Å². The molecule has 1 heterocycles. The molecule has 7 heteroatoms. The van der Waals surface area contributed by atoms with Gasteiger partial charge in [0.15, 0.2) is 0 Å². The Hall–Kier alpha value is -1.21. The van der Waals surface area contributed by atoms with Crippen LogP contribution in [0, 0.1) is 11.6 Å². The molecule has 0 aliphatic heterocycles. The number of carbonyl (C=O) groups is 1. The number of halogens is 4. The Morgan fingerprint density at radius 1 is 1.19 bits per heavy atom. The van der Waals surface area contributed by atoms with E-state index in [1.807, 2.05) is 13.8 Å². The third-order valence-corrected chi connectivity index (χ3v) is 3.90. The van der Waals surface area contributed by atoms with Gasteiger partial charge in [0.1, 0.15) is 17.3 Å². The maximum atomic E-state index is 13.7. The van der Waals surface area contributed by atoms with Crippen LogP contribution < -0.4 is 5.32 Å². The smallest absolute Gasteiger partial charge is 0.272 e. The molecule has 0 radical (unpaired) electrons. The predicted molar refractivity (Wildman–Crippen MR) is 84.5 cm³/mol. The van der Waals surface area contributed by atoms with E-state index in [0.717, 1.165) is 10.5 Å². The zero-order chi connectivity index (χ0) is 15.7. The van der Waals surface area contributed by atoms with Gasteiger partial charge in [-0.3, -0.25) is 4.79 Å². The molecule has 1 aromatic carbocycles. The second-order valence-electron chi connectivity index (χ2n) is 4.74. The lowest BCUT2D eigenvalue weighted by Gasteiger charge is -2.13. The summed E-state index contributed by atoms with van der Waals surface area (Å²) < 4.78 is 29.5. The molecule has 0 bridgehead atoms. The van der Waals surface area contributed by atoms with Gasteiger partial charge in [-0.1, -0.05) is 0 Å². The molecule has 0 saturated heterocycles. The average molecular weight is 422 g/mol. The maximum absolute atomic E-state index is 13.7. The third kappa shape index (κ3) is 3.52. The molecular weight excluding hydrogens is 410 g/mol. The van der Waals surface area contributed by atoms with Gasteiger partial charge in [0.25, 0.3) is 5.91 Å². The SMILES string of the molecule is CC(C)n1cc(Br)cc1C(=O)Nc1cc(Br)c(F)cc1F. The highest BCUT2D eigenvalue weighted by Crippen LogP contribution is 2.25. The van der Waals surface area contributed by atoms with Crippen LogP contribution in [0.5, 0.6) is 0 Å². The van der Waals surface area contributed by atoms with Crippen molar-refractivity contribution in [2.24, 2.45) is 0 Å². The largest absolute Gasteiger partial charge is 0.340 e. The van der Waals surface area contributed by atoms with Crippen LogP contribution in [0.2, 0.25) is 0 Å². The fourth-order valence-electron chi connectivity index (χ4n) is 1.86. The summed E-state index contributed by atoms with van der Waals surface area (Å²) in [6, 6.07) is 3.63. The van der Waals surface area contributed by atoms with Gasteiger partial charge >= 0.3 is 0 Å². The van der Waals surface area contributed by atoms with Crippen LogP contribution in [0.4, 0.5) is 14.5 Å². The van der Waals surface area contributed by atoms with Gasteiger partial charge < -0.3 is 9.88 Å². The van der Waals surface area contributed by atoms with Crippen molar-refractivity contribution >= 4 is 43.5 Å².